The molecule has 2 heterocycles. The summed E-state index contributed by atoms with van der Waals surface area (Å²) in [4.78, 5) is 21.1. The Bertz CT molecular complexity index is 1050. The molecule has 0 saturated carbocycles. The van der Waals surface area contributed by atoms with Crippen LogP contribution in [-0.4, -0.2) is 32.4 Å². The number of H-pyrrole nitrogens is 1. The van der Waals surface area contributed by atoms with Crippen LogP contribution in [0.5, 0.6) is 0 Å². The van der Waals surface area contributed by atoms with Gasteiger partial charge in [0, 0.05) is 6.54 Å². The summed E-state index contributed by atoms with van der Waals surface area (Å²) in [6.45, 7) is 0.727. The van der Waals surface area contributed by atoms with E-state index in [1.807, 2.05) is 30.3 Å². The fourth-order valence-corrected chi connectivity index (χ4v) is 3.03. The monoisotopic (exact) mass is 332 g/mol. The van der Waals surface area contributed by atoms with Gasteiger partial charge in [0.2, 0.25) is 0 Å². The molecule has 25 heavy (non-hydrogen) atoms. The molecule has 6 nitrogen and oxygen atoms in total. The first-order chi connectivity index (χ1) is 12.1. The second kappa shape index (κ2) is 5.90. The van der Waals surface area contributed by atoms with Crippen LogP contribution in [0, 0.1) is 5.41 Å². The number of benzene rings is 2. The number of amidine groups is 1. The highest BCUT2D eigenvalue weighted by Gasteiger charge is 2.30. The summed E-state index contributed by atoms with van der Waals surface area (Å²) in [7, 11) is 0. The van der Waals surface area contributed by atoms with Gasteiger partial charge in [-0.15, -0.1) is 0 Å². The van der Waals surface area contributed by atoms with Gasteiger partial charge in [-0.3, -0.25) is 10.2 Å². The topological polar surface area (TPSA) is 93.1 Å². The third kappa shape index (κ3) is 2.67. The van der Waals surface area contributed by atoms with Crippen molar-refractivity contribution in [3.05, 3.63) is 82.1 Å². The molecule has 0 atom stereocenters. The minimum absolute atomic E-state index is 0.0411. The van der Waals surface area contributed by atoms with E-state index in [1.54, 1.807) is 29.2 Å². The number of nitrogens with one attached hydrogen (secondary N) is 2. The Labute approximate surface area is 143 Å². The zero-order valence-corrected chi connectivity index (χ0v) is 13.4. The number of aromatic amines is 1. The maximum absolute atomic E-state index is 12.3. The maximum atomic E-state index is 12.3. The number of aliphatic hydroxyl groups is 1. The van der Waals surface area contributed by atoms with Crippen molar-refractivity contribution < 1.29 is 5.11 Å². The Balaban J connectivity index is 1.70. The van der Waals surface area contributed by atoms with E-state index in [1.165, 1.54) is 0 Å². The third-order valence-electron chi connectivity index (χ3n) is 4.25. The molecule has 0 unspecified atom stereocenters. The van der Waals surface area contributed by atoms with Gasteiger partial charge in [-0.25, -0.2) is 4.98 Å². The van der Waals surface area contributed by atoms with Gasteiger partial charge in [0.25, 0.3) is 5.56 Å². The zero-order valence-electron chi connectivity index (χ0n) is 13.4. The first-order valence-electron chi connectivity index (χ1n) is 7.93. The molecule has 1 aromatic heterocycles. The lowest BCUT2D eigenvalue weighted by atomic mass is 10.2. The molecule has 1 aliphatic rings. The van der Waals surface area contributed by atoms with Gasteiger partial charge < -0.3 is 15.0 Å². The molecule has 0 spiro atoms. The van der Waals surface area contributed by atoms with E-state index in [0.717, 1.165) is 5.56 Å². The van der Waals surface area contributed by atoms with E-state index in [4.69, 9.17) is 5.41 Å². The van der Waals surface area contributed by atoms with Crippen LogP contribution >= 0.6 is 0 Å². The van der Waals surface area contributed by atoms with E-state index < -0.39 is 0 Å². The molecule has 3 aromatic rings. The minimum atomic E-state index is -0.282. The Hall–Kier alpha value is -3.41. The highest BCUT2D eigenvalue weighted by Crippen LogP contribution is 2.26. The molecule has 0 saturated heterocycles. The van der Waals surface area contributed by atoms with Gasteiger partial charge in [-0.2, -0.15) is 0 Å². The summed E-state index contributed by atoms with van der Waals surface area (Å²) in [5.74, 6) is 0.418. The van der Waals surface area contributed by atoms with E-state index in [9.17, 15) is 9.90 Å². The summed E-state index contributed by atoms with van der Waals surface area (Å²) in [5.41, 5.74) is 1.58. The molecule has 0 aliphatic carbocycles. The average Bonchev–Trinajstić information content (AvgIpc) is 2.89. The maximum Gasteiger partial charge on any atom is 0.259 e. The highest BCUT2D eigenvalue weighted by atomic mass is 16.3. The van der Waals surface area contributed by atoms with Crippen LogP contribution in [0.3, 0.4) is 0 Å². The molecule has 0 fully saturated rings. The second-order valence-corrected chi connectivity index (χ2v) is 5.94. The molecular weight excluding hydrogens is 316 g/mol. The van der Waals surface area contributed by atoms with Crippen LogP contribution in [0.2, 0.25) is 0 Å². The Morgan fingerprint density at radius 2 is 1.84 bits per heavy atom. The molecule has 0 bridgehead atoms. The third-order valence-corrected chi connectivity index (χ3v) is 4.25. The van der Waals surface area contributed by atoms with Crippen molar-refractivity contribution in [2.24, 2.45) is 0 Å². The lowest BCUT2D eigenvalue weighted by Crippen LogP contribution is -2.26. The number of fused-ring (bicyclic) bond motifs is 1. The minimum Gasteiger partial charge on any atom is -0.510 e. The fourth-order valence-electron chi connectivity index (χ4n) is 3.03. The SMILES string of the molecule is N=C1C(c2nc3ccccc3c(=O)[nH]2)=C(O)CN1Cc1ccccc1. The number of nitrogens with zero attached hydrogens (tertiary/aromatic N) is 2. The van der Waals surface area contributed by atoms with Gasteiger partial charge in [0.1, 0.15) is 17.4 Å². The van der Waals surface area contributed by atoms with Gasteiger partial charge in [-0.05, 0) is 17.7 Å². The molecule has 1 aliphatic heterocycles. The molecular formula is C19H16N4O2. The Morgan fingerprint density at radius 1 is 1.12 bits per heavy atom. The molecule has 6 heteroatoms. The van der Waals surface area contributed by atoms with Crippen molar-refractivity contribution in [2.45, 2.75) is 6.54 Å². The highest BCUT2D eigenvalue weighted by molar-refractivity contribution is 6.22. The molecule has 0 amide bonds. The summed E-state index contributed by atoms with van der Waals surface area (Å²) in [6.07, 6.45) is 0. The largest absolute Gasteiger partial charge is 0.510 e. The lowest BCUT2D eigenvalue weighted by molar-refractivity contribution is 0.347. The summed E-state index contributed by atoms with van der Waals surface area (Å²) >= 11 is 0. The normalized spacial score (nSPS) is 14.6. The second-order valence-electron chi connectivity index (χ2n) is 5.94. The summed E-state index contributed by atoms with van der Waals surface area (Å²) in [5, 5.41) is 19.2. The predicted octanol–water partition coefficient (Wildman–Crippen LogP) is 2.69. The van der Waals surface area contributed by atoms with Gasteiger partial charge >= 0.3 is 0 Å². The van der Waals surface area contributed by atoms with Crippen LogP contribution in [0.25, 0.3) is 16.5 Å². The molecule has 124 valence electrons. The van der Waals surface area contributed by atoms with Gasteiger partial charge in [0.15, 0.2) is 0 Å². The number of hydrogen-bond acceptors (Lipinski definition) is 4. The van der Waals surface area contributed by atoms with E-state index in [-0.39, 0.29) is 35.1 Å². The first kappa shape index (κ1) is 15.1. The van der Waals surface area contributed by atoms with E-state index in [2.05, 4.69) is 9.97 Å². The van der Waals surface area contributed by atoms with Crippen LogP contribution in [0.1, 0.15) is 11.4 Å². The number of rotatable bonds is 3. The molecule has 0 radical (unpaired) electrons. The number of para-hydroxylation sites is 1. The van der Waals surface area contributed by atoms with Crippen LogP contribution < -0.4 is 5.56 Å². The van der Waals surface area contributed by atoms with Crippen molar-refractivity contribution in [2.75, 3.05) is 6.54 Å². The average molecular weight is 332 g/mol. The van der Waals surface area contributed by atoms with Crippen LogP contribution in [0.15, 0.2) is 65.2 Å². The molecule has 4 rings (SSSR count). The van der Waals surface area contributed by atoms with Gasteiger partial charge in [-0.1, -0.05) is 42.5 Å². The van der Waals surface area contributed by atoms with Crippen molar-refractivity contribution in [1.82, 2.24) is 14.9 Å². The standard InChI is InChI=1S/C19H16N4O2/c20-17-16(15(24)11-23(17)10-12-6-2-1-3-7-12)18-21-14-9-5-4-8-13(14)19(25)22-18/h1-9,20,24H,10-11H2,(H,21,22,25). The number of hydrogen-bond donors (Lipinski definition) is 3. The predicted molar refractivity (Wildman–Crippen MR) is 96.5 cm³/mol. The van der Waals surface area contributed by atoms with Crippen molar-refractivity contribution >= 4 is 22.3 Å². The van der Waals surface area contributed by atoms with Gasteiger partial charge in [0.05, 0.1) is 23.0 Å². The molecule has 3 N–H and O–H groups in total. The number of aromatic nitrogens is 2. The summed E-state index contributed by atoms with van der Waals surface area (Å²) in [6, 6.07) is 16.8. The van der Waals surface area contributed by atoms with E-state index in [0.29, 0.717) is 17.4 Å². The first-order valence-corrected chi connectivity index (χ1v) is 7.93. The number of aliphatic hydroxyl groups excluding tert-OH is 1. The lowest BCUT2D eigenvalue weighted by Gasteiger charge is -2.18. The van der Waals surface area contributed by atoms with Crippen molar-refractivity contribution in [3.8, 4) is 0 Å². The fraction of sp³-hybridized carbons (Fsp3) is 0.105. The van der Waals surface area contributed by atoms with Crippen LogP contribution in [-0.2, 0) is 6.54 Å². The van der Waals surface area contributed by atoms with Crippen molar-refractivity contribution in [3.63, 3.8) is 0 Å². The van der Waals surface area contributed by atoms with E-state index >= 15 is 0 Å². The summed E-state index contributed by atoms with van der Waals surface area (Å²) < 4.78 is 0. The van der Waals surface area contributed by atoms with Crippen LogP contribution in [0.4, 0.5) is 0 Å². The van der Waals surface area contributed by atoms with Crippen molar-refractivity contribution in [1.29, 1.82) is 5.41 Å². The zero-order chi connectivity index (χ0) is 17.4. The molecule has 2 aromatic carbocycles. The quantitative estimate of drug-likeness (QED) is 0.687. The smallest absolute Gasteiger partial charge is 0.259 e. The Morgan fingerprint density at radius 3 is 2.64 bits per heavy atom. The Kier molecular flexibility index (Phi) is 3.57.